The van der Waals surface area contributed by atoms with Crippen LogP contribution in [0.3, 0.4) is 0 Å². The molecule has 0 atom stereocenters. The molecule has 2 heterocycles. The number of piperidine rings is 2. The minimum atomic E-state index is 0.648. The Morgan fingerprint density at radius 3 is 1.32 bits per heavy atom. The molecule has 2 aliphatic rings. The Hall–Kier alpha value is -1.78. The van der Waals surface area contributed by atoms with Crippen LogP contribution in [0.2, 0.25) is 10.0 Å². The molecule has 0 saturated carbocycles. The maximum absolute atomic E-state index is 6.19. The zero-order valence-electron chi connectivity index (χ0n) is 16.1. The van der Waals surface area contributed by atoms with E-state index in [1.54, 1.807) is 0 Å². The first-order chi connectivity index (χ1) is 13.5. The van der Waals surface area contributed by atoms with Crippen molar-refractivity contribution in [3.63, 3.8) is 0 Å². The first-order valence-electron chi connectivity index (χ1n) is 10.1. The van der Waals surface area contributed by atoms with E-state index in [1.165, 1.54) is 37.1 Å². The van der Waals surface area contributed by atoms with Crippen molar-refractivity contribution in [3.8, 4) is 0 Å². The fraction of sp³-hybridized carbons (Fsp3) is 0.455. The third-order valence-electron chi connectivity index (χ3n) is 6.44. The lowest BCUT2D eigenvalue weighted by Gasteiger charge is -2.41. The van der Waals surface area contributed by atoms with E-state index >= 15 is 0 Å². The molecular formula is C22H28Cl2N4. The van der Waals surface area contributed by atoms with Gasteiger partial charge in [0, 0.05) is 37.6 Å². The van der Waals surface area contributed by atoms with Crippen molar-refractivity contribution in [1.29, 1.82) is 0 Å². The van der Waals surface area contributed by atoms with Gasteiger partial charge in [0.2, 0.25) is 0 Å². The molecule has 4 nitrogen and oxygen atoms in total. The molecule has 2 saturated heterocycles. The van der Waals surface area contributed by atoms with Crippen molar-refractivity contribution >= 4 is 46.0 Å². The van der Waals surface area contributed by atoms with Gasteiger partial charge in [-0.15, -0.1) is 0 Å². The standard InChI is InChI=1S/C22H28Cl2N4/c23-19-13-17(1-3-21(19)25)27-9-5-15(6-10-27)16-7-11-28(12-8-16)18-2-4-22(26)20(24)14-18/h1-4,13-16H,5-12,25-26H2. The molecule has 4 rings (SSSR count). The molecule has 0 unspecified atom stereocenters. The summed E-state index contributed by atoms with van der Waals surface area (Å²) in [5.41, 5.74) is 15.3. The lowest BCUT2D eigenvalue weighted by molar-refractivity contribution is 0.233. The molecule has 0 bridgehead atoms. The molecule has 2 aromatic rings. The van der Waals surface area contributed by atoms with Crippen LogP contribution in [0, 0.1) is 11.8 Å². The number of hydrogen-bond donors (Lipinski definition) is 2. The van der Waals surface area contributed by atoms with E-state index in [0.29, 0.717) is 21.4 Å². The number of rotatable bonds is 3. The average Bonchev–Trinajstić information content (AvgIpc) is 2.72. The number of hydrogen-bond acceptors (Lipinski definition) is 4. The van der Waals surface area contributed by atoms with Crippen LogP contribution in [-0.4, -0.2) is 26.2 Å². The first-order valence-corrected chi connectivity index (χ1v) is 10.9. The van der Waals surface area contributed by atoms with Crippen LogP contribution in [0.25, 0.3) is 0 Å². The van der Waals surface area contributed by atoms with Crippen molar-refractivity contribution in [2.45, 2.75) is 25.7 Å². The number of benzene rings is 2. The summed E-state index contributed by atoms with van der Waals surface area (Å²) in [6, 6.07) is 12.0. The van der Waals surface area contributed by atoms with Crippen molar-refractivity contribution in [1.82, 2.24) is 0 Å². The zero-order chi connectivity index (χ0) is 19.7. The minimum Gasteiger partial charge on any atom is -0.398 e. The second-order valence-corrected chi connectivity index (χ2v) is 8.87. The molecular weight excluding hydrogens is 391 g/mol. The predicted octanol–water partition coefficient (Wildman–Crippen LogP) is 5.29. The molecule has 150 valence electrons. The summed E-state index contributed by atoms with van der Waals surface area (Å²) in [4.78, 5) is 4.88. The molecule has 0 amide bonds. The monoisotopic (exact) mass is 418 g/mol. The van der Waals surface area contributed by atoms with Crippen LogP contribution in [0.1, 0.15) is 25.7 Å². The Bertz CT molecular complexity index is 756. The van der Waals surface area contributed by atoms with Crippen LogP contribution in [-0.2, 0) is 0 Å². The largest absolute Gasteiger partial charge is 0.398 e. The van der Waals surface area contributed by atoms with Crippen molar-refractivity contribution in [2.75, 3.05) is 47.4 Å². The molecule has 0 spiro atoms. The molecule has 2 aromatic carbocycles. The number of nitrogens with two attached hydrogens (primary N) is 2. The predicted molar refractivity (Wildman–Crippen MR) is 122 cm³/mol. The highest BCUT2D eigenvalue weighted by molar-refractivity contribution is 6.33. The number of anilines is 4. The molecule has 0 aliphatic carbocycles. The van der Waals surface area contributed by atoms with Crippen LogP contribution in [0.5, 0.6) is 0 Å². The van der Waals surface area contributed by atoms with Gasteiger partial charge in [-0.25, -0.2) is 0 Å². The normalized spacial score (nSPS) is 19.2. The van der Waals surface area contributed by atoms with Gasteiger partial charge in [-0.1, -0.05) is 23.2 Å². The average molecular weight is 419 g/mol. The van der Waals surface area contributed by atoms with E-state index in [1.807, 2.05) is 24.3 Å². The second-order valence-electron chi connectivity index (χ2n) is 8.06. The summed E-state index contributed by atoms with van der Waals surface area (Å²) in [5.74, 6) is 1.63. The Labute approximate surface area is 177 Å². The highest BCUT2D eigenvalue weighted by Crippen LogP contribution is 2.36. The first kappa shape index (κ1) is 19.5. The van der Waals surface area contributed by atoms with Crippen molar-refractivity contribution < 1.29 is 0 Å². The van der Waals surface area contributed by atoms with Crippen LogP contribution >= 0.6 is 23.2 Å². The minimum absolute atomic E-state index is 0.648. The molecule has 0 radical (unpaired) electrons. The highest BCUT2D eigenvalue weighted by atomic mass is 35.5. The van der Waals surface area contributed by atoms with Gasteiger partial charge < -0.3 is 21.3 Å². The van der Waals surface area contributed by atoms with Gasteiger partial charge >= 0.3 is 0 Å². The van der Waals surface area contributed by atoms with Crippen LogP contribution in [0.4, 0.5) is 22.7 Å². The topological polar surface area (TPSA) is 58.5 Å². The van der Waals surface area contributed by atoms with E-state index < -0.39 is 0 Å². The summed E-state index contributed by atoms with van der Waals surface area (Å²) in [5, 5.41) is 1.30. The summed E-state index contributed by atoms with van der Waals surface area (Å²) >= 11 is 12.4. The number of nitrogen functional groups attached to an aromatic ring is 2. The van der Waals surface area contributed by atoms with Gasteiger partial charge in [-0.05, 0) is 73.9 Å². The maximum Gasteiger partial charge on any atom is 0.0656 e. The molecule has 6 heteroatoms. The number of halogens is 2. The quantitative estimate of drug-likeness (QED) is 0.664. The molecule has 2 aliphatic heterocycles. The van der Waals surface area contributed by atoms with E-state index in [2.05, 4.69) is 21.9 Å². The van der Waals surface area contributed by atoms with Gasteiger partial charge in [-0.3, -0.25) is 0 Å². The Balaban J connectivity index is 1.30. The van der Waals surface area contributed by atoms with Crippen molar-refractivity contribution in [2.24, 2.45) is 11.8 Å². The number of nitrogens with zero attached hydrogens (tertiary/aromatic N) is 2. The van der Waals surface area contributed by atoms with Crippen molar-refractivity contribution in [3.05, 3.63) is 46.4 Å². The third-order valence-corrected chi connectivity index (χ3v) is 7.10. The Morgan fingerprint density at radius 1 is 0.643 bits per heavy atom. The smallest absolute Gasteiger partial charge is 0.0656 e. The summed E-state index contributed by atoms with van der Waals surface area (Å²) in [6.45, 7) is 4.38. The van der Waals surface area contributed by atoms with E-state index in [-0.39, 0.29) is 0 Å². The van der Waals surface area contributed by atoms with E-state index in [0.717, 1.165) is 38.0 Å². The van der Waals surface area contributed by atoms with Gasteiger partial charge in [0.05, 0.1) is 21.4 Å². The Kier molecular flexibility index (Phi) is 5.79. The summed E-state index contributed by atoms with van der Waals surface area (Å²) < 4.78 is 0. The van der Waals surface area contributed by atoms with Gasteiger partial charge in [0.25, 0.3) is 0 Å². The molecule has 28 heavy (non-hydrogen) atoms. The SMILES string of the molecule is Nc1ccc(N2CCC(C3CCN(c4ccc(N)c(Cl)c4)CC3)CC2)cc1Cl. The van der Waals surface area contributed by atoms with Gasteiger partial charge in [0.15, 0.2) is 0 Å². The van der Waals surface area contributed by atoms with Crippen LogP contribution < -0.4 is 21.3 Å². The van der Waals surface area contributed by atoms with Gasteiger partial charge in [-0.2, -0.15) is 0 Å². The zero-order valence-corrected chi connectivity index (χ0v) is 17.6. The fourth-order valence-corrected chi connectivity index (χ4v) is 5.03. The third kappa shape index (κ3) is 4.13. The molecule has 4 N–H and O–H groups in total. The summed E-state index contributed by atoms with van der Waals surface area (Å²) in [7, 11) is 0. The fourth-order valence-electron chi connectivity index (χ4n) is 4.68. The highest BCUT2D eigenvalue weighted by Gasteiger charge is 2.30. The molecule has 2 fully saturated rings. The second kappa shape index (κ2) is 8.30. The lowest BCUT2D eigenvalue weighted by Crippen LogP contribution is -2.41. The Morgan fingerprint density at radius 2 is 1.00 bits per heavy atom. The van der Waals surface area contributed by atoms with E-state index in [9.17, 15) is 0 Å². The van der Waals surface area contributed by atoms with Crippen LogP contribution in [0.15, 0.2) is 36.4 Å². The van der Waals surface area contributed by atoms with Gasteiger partial charge in [0.1, 0.15) is 0 Å². The summed E-state index contributed by atoms with van der Waals surface area (Å²) in [6.07, 6.45) is 5.00. The lowest BCUT2D eigenvalue weighted by atomic mass is 9.78. The maximum atomic E-state index is 6.19. The molecule has 0 aromatic heterocycles. The van der Waals surface area contributed by atoms with E-state index in [4.69, 9.17) is 34.7 Å².